The molecule has 106 valence electrons. The minimum Gasteiger partial charge on any atom is -0.373 e. The molecule has 1 N–H and O–H groups in total. The summed E-state index contributed by atoms with van der Waals surface area (Å²) in [5, 5.41) is 4.73. The van der Waals surface area contributed by atoms with Gasteiger partial charge < -0.3 is 5.32 Å². The van der Waals surface area contributed by atoms with Gasteiger partial charge in [0.2, 0.25) is 0 Å². The quantitative estimate of drug-likeness (QED) is 0.770. The topological polar surface area (TPSA) is 37.8 Å². The summed E-state index contributed by atoms with van der Waals surface area (Å²) in [7, 11) is 1.85. The first-order chi connectivity index (χ1) is 10.2. The van der Waals surface area contributed by atoms with E-state index in [-0.39, 0.29) is 0 Å². The zero-order valence-corrected chi connectivity index (χ0v) is 12.8. The molecular formula is C17H16ClN3. The summed E-state index contributed by atoms with van der Waals surface area (Å²) < 4.78 is 0. The number of hydrogen-bond donors (Lipinski definition) is 1. The number of hydrogen-bond acceptors (Lipinski definition) is 3. The zero-order valence-electron chi connectivity index (χ0n) is 12.0. The van der Waals surface area contributed by atoms with Gasteiger partial charge in [0.25, 0.3) is 0 Å². The molecular weight excluding hydrogens is 282 g/mol. The van der Waals surface area contributed by atoms with Crippen molar-refractivity contribution >= 4 is 28.3 Å². The second-order valence-corrected chi connectivity index (χ2v) is 5.29. The first kappa shape index (κ1) is 13.8. The van der Waals surface area contributed by atoms with Gasteiger partial charge >= 0.3 is 0 Å². The van der Waals surface area contributed by atoms with E-state index in [1.54, 1.807) is 0 Å². The highest BCUT2D eigenvalue weighted by Crippen LogP contribution is 2.27. The fourth-order valence-corrected chi connectivity index (χ4v) is 2.48. The third kappa shape index (κ3) is 2.69. The van der Waals surface area contributed by atoms with Crippen molar-refractivity contribution in [2.45, 2.75) is 13.3 Å². The molecule has 21 heavy (non-hydrogen) atoms. The van der Waals surface area contributed by atoms with Crippen LogP contribution < -0.4 is 5.32 Å². The van der Waals surface area contributed by atoms with Crippen LogP contribution in [0.25, 0.3) is 22.3 Å². The van der Waals surface area contributed by atoms with E-state index in [0.29, 0.717) is 5.02 Å². The highest BCUT2D eigenvalue weighted by atomic mass is 35.5. The number of nitrogens with one attached hydrogen (secondary N) is 1. The molecule has 0 aliphatic heterocycles. The number of benzene rings is 2. The van der Waals surface area contributed by atoms with Crippen molar-refractivity contribution in [3.05, 3.63) is 53.1 Å². The van der Waals surface area contributed by atoms with Gasteiger partial charge in [-0.15, -0.1) is 0 Å². The van der Waals surface area contributed by atoms with E-state index in [0.717, 1.165) is 34.5 Å². The molecule has 0 aliphatic carbocycles. The van der Waals surface area contributed by atoms with Gasteiger partial charge in [0.15, 0.2) is 5.82 Å². The van der Waals surface area contributed by atoms with Crippen LogP contribution in [0.5, 0.6) is 0 Å². The van der Waals surface area contributed by atoms with Crippen LogP contribution in [0, 0.1) is 0 Å². The van der Waals surface area contributed by atoms with Crippen LogP contribution in [-0.2, 0) is 6.42 Å². The maximum absolute atomic E-state index is 6.05. The Hall–Kier alpha value is -2.13. The molecule has 3 rings (SSSR count). The van der Waals surface area contributed by atoms with Crippen molar-refractivity contribution in [2.75, 3.05) is 12.4 Å². The second-order valence-electron chi connectivity index (χ2n) is 4.86. The van der Waals surface area contributed by atoms with E-state index in [4.69, 9.17) is 11.6 Å². The highest BCUT2D eigenvalue weighted by molar-refractivity contribution is 6.31. The summed E-state index contributed by atoms with van der Waals surface area (Å²) in [5.41, 5.74) is 3.20. The van der Waals surface area contributed by atoms with E-state index in [1.165, 1.54) is 5.56 Å². The Bertz CT molecular complexity index is 782. The van der Waals surface area contributed by atoms with Crippen molar-refractivity contribution in [1.82, 2.24) is 9.97 Å². The molecule has 3 aromatic rings. The molecule has 0 amide bonds. The SMILES string of the molecule is CCc1ccc(-c2nc(NC)c3cc(Cl)ccc3n2)cc1. The molecule has 1 heterocycles. The van der Waals surface area contributed by atoms with Crippen LogP contribution >= 0.6 is 11.6 Å². The summed E-state index contributed by atoms with van der Waals surface area (Å²) in [4.78, 5) is 9.25. The second kappa shape index (κ2) is 5.70. The zero-order chi connectivity index (χ0) is 14.8. The minimum atomic E-state index is 0.683. The molecule has 0 bridgehead atoms. The Morgan fingerprint density at radius 2 is 1.81 bits per heavy atom. The molecule has 0 spiro atoms. The van der Waals surface area contributed by atoms with E-state index in [9.17, 15) is 0 Å². The molecule has 3 nitrogen and oxygen atoms in total. The van der Waals surface area contributed by atoms with Gasteiger partial charge in [-0.05, 0) is 30.2 Å². The number of nitrogens with zero attached hydrogens (tertiary/aromatic N) is 2. The van der Waals surface area contributed by atoms with E-state index < -0.39 is 0 Å². The highest BCUT2D eigenvalue weighted by Gasteiger charge is 2.09. The van der Waals surface area contributed by atoms with E-state index in [1.807, 2.05) is 25.2 Å². The molecule has 0 saturated carbocycles. The van der Waals surface area contributed by atoms with Crippen molar-refractivity contribution < 1.29 is 0 Å². The Morgan fingerprint density at radius 3 is 2.48 bits per heavy atom. The average Bonchev–Trinajstić information content (AvgIpc) is 2.54. The average molecular weight is 298 g/mol. The molecule has 0 radical (unpaired) electrons. The lowest BCUT2D eigenvalue weighted by Gasteiger charge is -2.09. The number of aryl methyl sites for hydroxylation is 1. The molecule has 0 unspecified atom stereocenters. The number of fused-ring (bicyclic) bond motifs is 1. The Kier molecular flexibility index (Phi) is 3.76. The third-order valence-electron chi connectivity index (χ3n) is 3.51. The predicted molar refractivity (Wildman–Crippen MR) is 88.9 cm³/mol. The Morgan fingerprint density at radius 1 is 1.05 bits per heavy atom. The molecule has 4 heteroatoms. The maximum Gasteiger partial charge on any atom is 0.162 e. The van der Waals surface area contributed by atoms with Gasteiger partial charge in [-0.1, -0.05) is 42.8 Å². The van der Waals surface area contributed by atoms with Crippen LogP contribution in [0.4, 0.5) is 5.82 Å². The standard InChI is InChI=1S/C17H16ClN3/c1-3-11-4-6-12(7-5-11)16-20-15-9-8-13(18)10-14(15)17(19-2)21-16/h4-10H,3H2,1-2H3,(H,19,20,21). The Balaban J connectivity index is 2.16. The van der Waals surface area contributed by atoms with Gasteiger partial charge in [0.1, 0.15) is 5.82 Å². The van der Waals surface area contributed by atoms with Crippen LogP contribution in [0.2, 0.25) is 5.02 Å². The maximum atomic E-state index is 6.05. The smallest absolute Gasteiger partial charge is 0.162 e. The summed E-state index contributed by atoms with van der Waals surface area (Å²) in [5.74, 6) is 1.51. The summed E-state index contributed by atoms with van der Waals surface area (Å²) in [6.45, 7) is 2.14. The van der Waals surface area contributed by atoms with Crippen molar-refractivity contribution in [1.29, 1.82) is 0 Å². The van der Waals surface area contributed by atoms with Crippen LogP contribution in [0.3, 0.4) is 0 Å². The monoisotopic (exact) mass is 297 g/mol. The van der Waals surface area contributed by atoms with Gasteiger partial charge in [-0.3, -0.25) is 0 Å². The summed E-state index contributed by atoms with van der Waals surface area (Å²) in [6.07, 6.45) is 1.03. The van der Waals surface area contributed by atoms with Crippen LogP contribution in [-0.4, -0.2) is 17.0 Å². The molecule has 0 aliphatic rings. The lowest BCUT2D eigenvalue weighted by molar-refractivity contribution is 1.14. The number of aromatic nitrogens is 2. The minimum absolute atomic E-state index is 0.683. The van der Waals surface area contributed by atoms with Gasteiger partial charge in [-0.2, -0.15) is 0 Å². The fourth-order valence-electron chi connectivity index (χ4n) is 2.31. The fraction of sp³-hybridized carbons (Fsp3) is 0.176. The first-order valence-electron chi connectivity index (χ1n) is 6.95. The van der Waals surface area contributed by atoms with Gasteiger partial charge in [0, 0.05) is 23.0 Å². The predicted octanol–water partition coefficient (Wildman–Crippen LogP) is 4.55. The van der Waals surface area contributed by atoms with E-state index in [2.05, 4.69) is 46.5 Å². The van der Waals surface area contributed by atoms with Crippen LogP contribution in [0.1, 0.15) is 12.5 Å². The molecule has 1 aromatic heterocycles. The third-order valence-corrected chi connectivity index (χ3v) is 3.75. The van der Waals surface area contributed by atoms with Crippen molar-refractivity contribution in [3.8, 4) is 11.4 Å². The largest absolute Gasteiger partial charge is 0.373 e. The normalized spacial score (nSPS) is 10.8. The molecule has 0 fully saturated rings. The summed E-state index contributed by atoms with van der Waals surface area (Å²) in [6, 6.07) is 14.0. The molecule has 2 aromatic carbocycles. The lowest BCUT2D eigenvalue weighted by atomic mass is 10.1. The first-order valence-corrected chi connectivity index (χ1v) is 7.33. The van der Waals surface area contributed by atoms with E-state index >= 15 is 0 Å². The summed E-state index contributed by atoms with van der Waals surface area (Å²) >= 11 is 6.05. The van der Waals surface area contributed by atoms with Gasteiger partial charge in [-0.25, -0.2) is 9.97 Å². The van der Waals surface area contributed by atoms with Crippen molar-refractivity contribution in [3.63, 3.8) is 0 Å². The Labute approximate surface area is 129 Å². The molecule has 0 atom stereocenters. The molecule has 0 saturated heterocycles. The number of anilines is 1. The van der Waals surface area contributed by atoms with Crippen LogP contribution in [0.15, 0.2) is 42.5 Å². The lowest BCUT2D eigenvalue weighted by Crippen LogP contribution is -1.98. The van der Waals surface area contributed by atoms with Crippen molar-refractivity contribution in [2.24, 2.45) is 0 Å². The number of rotatable bonds is 3. The number of halogens is 1. The van der Waals surface area contributed by atoms with Gasteiger partial charge in [0.05, 0.1) is 5.52 Å².